The van der Waals surface area contributed by atoms with Gasteiger partial charge in [0.2, 0.25) is 0 Å². The number of methoxy groups -OCH3 is 1. The molecule has 0 amide bonds. The highest BCUT2D eigenvalue weighted by molar-refractivity contribution is 6.05. The molecule has 3 aromatic rings. The van der Waals surface area contributed by atoms with Crippen LogP contribution in [0.2, 0.25) is 0 Å². The van der Waals surface area contributed by atoms with Crippen LogP contribution >= 0.6 is 0 Å². The first-order valence-electron chi connectivity index (χ1n) is 9.03. The van der Waals surface area contributed by atoms with E-state index in [0.717, 1.165) is 39.2 Å². The predicted molar refractivity (Wildman–Crippen MR) is 104 cm³/mol. The Labute approximate surface area is 170 Å². The molecule has 1 N–H and O–H groups in total. The van der Waals surface area contributed by atoms with Gasteiger partial charge in [0.1, 0.15) is 11.5 Å². The van der Waals surface area contributed by atoms with Crippen LogP contribution in [0.5, 0.6) is 11.5 Å². The highest BCUT2D eigenvalue weighted by Gasteiger charge is 2.31. The number of allylic oxidation sites excluding steroid dienone is 3. The van der Waals surface area contributed by atoms with Crippen LogP contribution in [0, 0.1) is 0 Å². The van der Waals surface area contributed by atoms with Crippen molar-refractivity contribution in [2.75, 3.05) is 7.11 Å². The Hall–Kier alpha value is -3.62. The molecule has 0 atom stereocenters. The number of hydrogen-bond donors (Lipinski definition) is 1. The minimum atomic E-state index is -4.72. The molecule has 4 rings (SSSR count). The normalized spacial score (nSPS) is 14.9. The maximum Gasteiger partial charge on any atom is 0.573 e. The number of nitrogens with one attached hydrogen (secondary N) is 1. The lowest BCUT2D eigenvalue weighted by Gasteiger charge is -2.09. The number of rotatable bonds is 5. The highest BCUT2D eigenvalue weighted by atomic mass is 19.4. The van der Waals surface area contributed by atoms with E-state index in [0.29, 0.717) is 12.2 Å². The topological polar surface area (TPSA) is 72.9 Å². The molecule has 2 aromatic carbocycles. The second-order valence-electron chi connectivity index (χ2n) is 6.71. The molecule has 0 fully saturated rings. The third kappa shape index (κ3) is 4.05. The molecule has 9 heteroatoms. The van der Waals surface area contributed by atoms with E-state index in [9.17, 15) is 13.2 Å². The van der Waals surface area contributed by atoms with Crippen LogP contribution in [-0.4, -0.2) is 34.1 Å². The maximum atomic E-state index is 12.4. The van der Waals surface area contributed by atoms with E-state index in [4.69, 9.17) is 4.74 Å². The molecular formula is C21H17F3N4O2. The van der Waals surface area contributed by atoms with E-state index in [1.807, 2.05) is 31.2 Å². The van der Waals surface area contributed by atoms with Crippen LogP contribution in [0.15, 0.2) is 48.0 Å². The lowest BCUT2D eigenvalue weighted by molar-refractivity contribution is -0.274. The minimum Gasteiger partial charge on any atom is -0.497 e. The second kappa shape index (κ2) is 7.66. The lowest BCUT2D eigenvalue weighted by atomic mass is 10.0. The zero-order valence-corrected chi connectivity index (χ0v) is 16.1. The Kier molecular flexibility index (Phi) is 5.03. The van der Waals surface area contributed by atoms with Gasteiger partial charge >= 0.3 is 6.36 Å². The standard InChI is InChI=1S/C21H17F3N4O2/c1-12-17(9-13-3-5-14(6-4-13)30-21(22,23)24)16-8-7-15(29-2)10-19(16)18(12)11-20-25-27-28-26-20/h3-10H,11H2,1-2H3,(H,25,26,27,28). The molecule has 0 spiro atoms. The summed E-state index contributed by atoms with van der Waals surface area (Å²) >= 11 is 0. The summed E-state index contributed by atoms with van der Waals surface area (Å²) in [5.74, 6) is 1.10. The Morgan fingerprint density at radius 1 is 1.03 bits per heavy atom. The SMILES string of the molecule is COc1ccc2c(c1)C(Cc1nnn[nH]1)=C(C)C2=Cc1ccc(OC(F)(F)F)cc1. The first-order chi connectivity index (χ1) is 14.3. The van der Waals surface area contributed by atoms with Gasteiger partial charge in [0.05, 0.1) is 7.11 Å². The highest BCUT2D eigenvalue weighted by Crippen LogP contribution is 2.44. The number of H-pyrrole nitrogens is 1. The number of hydrogen-bond acceptors (Lipinski definition) is 5. The number of nitrogens with zero attached hydrogens (tertiary/aromatic N) is 3. The molecule has 1 aliphatic rings. The van der Waals surface area contributed by atoms with E-state index >= 15 is 0 Å². The zero-order valence-electron chi connectivity index (χ0n) is 16.1. The van der Waals surface area contributed by atoms with Crippen LogP contribution in [0.4, 0.5) is 13.2 Å². The van der Waals surface area contributed by atoms with Crippen molar-refractivity contribution < 1.29 is 22.6 Å². The third-order valence-corrected chi connectivity index (χ3v) is 4.86. The fraction of sp³-hybridized carbons (Fsp3) is 0.190. The number of benzene rings is 2. The van der Waals surface area contributed by atoms with Gasteiger partial charge in [0, 0.05) is 6.42 Å². The molecule has 1 heterocycles. The van der Waals surface area contributed by atoms with Crippen molar-refractivity contribution in [3.8, 4) is 11.5 Å². The van der Waals surface area contributed by atoms with Crippen molar-refractivity contribution in [2.45, 2.75) is 19.7 Å². The van der Waals surface area contributed by atoms with E-state index in [1.165, 1.54) is 12.1 Å². The third-order valence-electron chi connectivity index (χ3n) is 4.86. The molecule has 6 nitrogen and oxygen atoms in total. The molecule has 1 aliphatic carbocycles. The van der Waals surface area contributed by atoms with Gasteiger partial charge in [-0.1, -0.05) is 18.2 Å². The van der Waals surface area contributed by atoms with E-state index in [2.05, 4.69) is 25.4 Å². The van der Waals surface area contributed by atoms with Gasteiger partial charge in [0.25, 0.3) is 0 Å². The molecule has 0 saturated heterocycles. The number of halogens is 3. The smallest absolute Gasteiger partial charge is 0.497 e. The summed E-state index contributed by atoms with van der Waals surface area (Å²) in [6.07, 6.45) is -2.27. The van der Waals surface area contributed by atoms with Crippen LogP contribution in [0.25, 0.3) is 17.2 Å². The Balaban J connectivity index is 1.73. The zero-order chi connectivity index (χ0) is 21.3. The Morgan fingerprint density at radius 2 is 1.77 bits per heavy atom. The van der Waals surface area contributed by atoms with E-state index < -0.39 is 6.36 Å². The van der Waals surface area contributed by atoms with Crippen molar-refractivity contribution in [1.29, 1.82) is 0 Å². The number of aromatic nitrogens is 4. The second-order valence-corrected chi connectivity index (χ2v) is 6.71. The fourth-order valence-corrected chi connectivity index (χ4v) is 3.47. The lowest BCUT2D eigenvalue weighted by Crippen LogP contribution is -2.16. The van der Waals surface area contributed by atoms with Gasteiger partial charge in [-0.2, -0.15) is 0 Å². The molecule has 154 valence electrons. The van der Waals surface area contributed by atoms with Gasteiger partial charge in [-0.15, -0.1) is 18.3 Å². The van der Waals surface area contributed by atoms with Crippen molar-refractivity contribution in [3.05, 3.63) is 70.6 Å². The average Bonchev–Trinajstić information content (AvgIpc) is 3.31. The molecule has 0 saturated carbocycles. The molecule has 0 radical (unpaired) electrons. The van der Waals surface area contributed by atoms with Crippen molar-refractivity contribution in [1.82, 2.24) is 20.6 Å². The Bertz CT molecular complexity index is 1120. The van der Waals surface area contributed by atoms with Gasteiger partial charge in [-0.05, 0) is 81.1 Å². The van der Waals surface area contributed by atoms with Gasteiger partial charge < -0.3 is 9.47 Å². The predicted octanol–water partition coefficient (Wildman–Crippen LogP) is 4.68. The number of alkyl halides is 3. The van der Waals surface area contributed by atoms with E-state index in [-0.39, 0.29) is 5.75 Å². The maximum absolute atomic E-state index is 12.4. The largest absolute Gasteiger partial charge is 0.573 e. The molecule has 0 unspecified atom stereocenters. The summed E-state index contributed by atoms with van der Waals surface area (Å²) in [4.78, 5) is 0. The summed E-state index contributed by atoms with van der Waals surface area (Å²) in [6.45, 7) is 2.00. The van der Waals surface area contributed by atoms with Crippen molar-refractivity contribution >= 4 is 17.2 Å². The van der Waals surface area contributed by atoms with Crippen LogP contribution in [0.1, 0.15) is 29.4 Å². The monoisotopic (exact) mass is 414 g/mol. The number of fused-ring (bicyclic) bond motifs is 1. The van der Waals surface area contributed by atoms with Gasteiger partial charge in [-0.3, -0.25) is 0 Å². The first kappa shape index (κ1) is 19.7. The van der Waals surface area contributed by atoms with Crippen LogP contribution < -0.4 is 9.47 Å². The summed E-state index contributed by atoms with van der Waals surface area (Å²) in [7, 11) is 1.61. The average molecular weight is 414 g/mol. The minimum absolute atomic E-state index is 0.257. The molecule has 0 bridgehead atoms. The summed E-state index contributed by atoms with van der Waals surface area (Å²) in [6, 6.07) is 11.6. The van der Waals surface area contributed by atoms with Crippen LogP contribution in [-0.2, 0) is 6.42 Å². The number of tetrazole rings is 1. The van der Waals surface area contributed by atoms with E-state index in [1.54, 1.807) is 19.2 Å². The number of ether oxygens (including phenoxy) is 2. The molecular weight excluding hydrogens is 397 g/mol. The summed E-state index contributed by atoms with van der Waals surface area (Å²) in [5, 5.41) is 14.0. The molecule has 0 aliphatic heterocycles. The fourth-order valence-electron chi connectivity index (χ4n) is 3.47. The summed E-state index contributed by atoms with van der Waals surface area (Å²) in [5.41, 5.74) is 5.82. The van der Waals surface area contributed by atoms with Gasteiger partial charge in [0.15, 0.2) is 5.82 Å². The number of aromatic amines is 1. The molecule has 1 aromatic heterocycles. The first-order valence-corrected chi connectivity index (χ1v) is 9.03. The quantitative estimate of drug-likeness (QED) is 0.657. The Morgan fingerprint density at radius 3 is 2.40 bits per heavy atom. The van der Waals surface area contributed by atoms with Gasteiger partial charge in [-0.25, -0.2) is 5.10 Å². The van der Waals surface area contributed by atoms with Crippen molar-refractivity contribution in [3.63, 3.8) is 0 Å². The molecule has 30 heavy (non-hydrogen) atoms. The summed E-state index contributed by atoms with van der Waals surface area (Å²) < 4.78 is 46.4. The van der Waals surface area contributed by atoms with Crippen LogP contribution in [0.3, 0.4) is 0 Å². The van der Waals surface area contributed by atoms with Crippen molar-refractivity contribution in [2.24, 2.45) is 0 Å².